The number of ether oxygens (including phenoxy) is 1. The summed E-state index contributed by atoms with van der Waals surface area (Å²) < 4.78 is 20.4. The molecular formula is C19H19FN2O. The first-order chi connectivity index (χ1) is 11.2. The zero-order chi connectivity index (χ0) is 15.4. The van der Waals surface area contributed by atoms with Crippen molar-refractivity contribution in [2.75, 3.05) is 19.6 Å². The van der Waals surface area contributed by atoms with Gasteiger partial charge in [-0.05, 0) is 38.1 Å². The van der Waals surface area contributed by atoms with E-state index in [1.165, 1.54) is 32.0 Å². The number of piperidine rings is 3. The number of benzene rings is 1. The largest absolute Gasteiger partial charge is 0.469 e. The van der Waals surface area contributed by atoms with Crippen LogP contribution in [0.1, 0.15) is 18.4 Å². The zero-order valence-electron chi connectivity index (χ0n) is 13.0. The van der Waals surface area contributed by atoms with Crippen LogP contribution in [-0.4, -0.2) is 35.1 Å². The third-order valence-electron chi connectivity index (χ3n) is 5.72. The molecule has 2 bridgehead atoms. The lowest BCUT2D eigenvalue weighted by Gasteiger charge is -2.50. The van der Waals surface area contributed by atoms with Crippen molar-refractivity contribution >= 4 is 0 Å². The van der Waals surface area contributed by atoms with Crippen LogP contribution >= 0.6 is 0 Å². The molecule has 6 rings (SSSR count). The van der Waals surface area contributed by atoms with Crippen molar-refractivity contribution < 1.29 is 9.13 Å². The van der Waals surface area contributed by atoms with Crippen molar-refractivity contribution in [1.29, 1.82) is 0 Å². The minimum atomic E-state index is -0.203. The van der Waals surface area contributed by atoms with E-state index in [0.29, 0.717) is 11.5 Å². The SMILES string of the molecule is [18F]c1ccccc1-c1cnc2c(c1)C[C@@]1(CN3CCC1CC3)O2. The molecule has 3 saturated heterocycles. The van der Waals surface area contributed by atoms with Crippen molar-refractivity contribution in [3.63, 3.8) is 0 Å². The number of hydrogen-bond acceptors (Lipinski definition) is 3. The summed E-state index contributed by atoms with van der Waals surface area (Å²) in [6.07, 6.45) is 5.07. The third kappa shape index (κ3) is 2.01. The van der Waals surface area contributed by atoms with Gasteiger partial charge in [0.1, 0.15) is 11.4 Å². The second-order valence-electron chi connectivity index (χ2n) is 7.06. The molecule has 23 heavy (non-hydrogen) atoms. The van der Waals surface area contributed by atoms with Gasteiger partial charge in [0.15, 0.2) is 0 Å². The molecule has 0 saturated carbocycles. The van der Waals surface area contributed by atoms with Gasteiger partial charge >= 0.3 is 0 Å². The van der Waals surface area contributed by atoms with Crippen LogP contribution in [0.5, 0.6) is 5.88 Å². The predicted molar refractivity (Wildman–Crippen MR) is 85.9 cm³/mol. The topological polar surface area (TPSA) is 25.4 Å². The minimum absolute atomic E-state index is 0.0975. The maximum atomic E-state index is 14.0. The normalized spacial score (nSPS) is 31.2. The summed E-state index contributed by atoms with van der Waals surface area (Å²) in [6, 6.07) is 8.93. The first-order valence-corrected chi connectivity index (χ1v) is 8.39. The summed E-state index contributed by atoms with van der Waals surface area (Å²) in [4.78, 5) is 7.01. The fourth-order valence-electron chi connectivity index (χ4n) is 4.55. The summed E-state index contributed by atoms with van der Waals surface area (Å²) in [7, 11) is 0. The Labute approximate surface area is 135 Å². The van der Waals surface area contributed by atoms with Gasteiger partial charge in [-0.1, -0.05) is 18.2 Å². The van der Waals surface area contributed by atoms with Gasteiger partial charge in [-0.2, -0.15) is 0 Å². The summed E-state index contributed by atoms with van der Waals surface area (Å²) in [5, 5.41) is 0. The molecular weight excluding hydrogens is 290 g/mol. The van der Waals surface area contributed by atoms with E-state index in [2.05, 4.69) is 16.0 Å². The number of rotatable bonds is 1. The summed E-state index contributed by atoms with van der Waals surface area (Å²) >= 11 is 0. The fourth-order valence-corrected chi connectivity index (χ4v) is 4.55. The Hall–Kier alpha value is -1.94. The molecule has 1 spiro atoms. The van der Waals surface area contributed by atoms with Crippen LogP contribution in [0.25, 0.3) is 11.1 Å². The van der Waals surface area contributed by atoms with Gasteiger partial charge in [0.05, 0.1) is 0 Å². The summed E-state index contributed by atoms with van der Waals surface area (Å²) in [5.74, 6) is 1.17. The molecule has 3 fully saturated rings. The Kier molecular flexibility index (Phi) is 2.80. The van der Waals surface area contributed by atoms with Gasteiger partial charge in [0, 0.05) is 41.8 Å². The van der Waals surface area contributed by atoms with Crippen molar-refractivity contribution in [1.82, 2.24) is 9.88 Å². The maximum Gasteiger partial charge on any atom is 0.217 e. The minimum Gasteiger partial charge on any atom is -0.469 e. The third-order valence-corrected chi connectivity index (χ3v) is 5.72. The molecule has 4 aliphatic heterocycles. The number of aromatic nitrogens is 1. The van der Waals surface area contributed by atoms with E-state index in [1.807, 2.05) is 6.07 Å². The quantitative estimate of drug-likeness (QED) is 0.808. The fraction of sp³-hybridized carbons (Fsp3) is 0.421. The van der Waals surface area contributed by atoms with E-state index in [4.69, 9.17) is 4.74 Å². The Balaban J connectivity index is 1.51. The molecule has 0 radical (unpaired) electrons. The summed E-state index contributed by atoms with van der Waals surface area (Å²) in [5.41, 5.74) is 2.47. The average molecular weight is 309 g/mol. The molecule has 0 aliphatic carbocycles. The molecule has 0 amide bonds. The smallest absolute Gasteiger partial charge is 0.217 e. The van der Waals surface area contributed by atoms with Crippen LogP contribution in [-0.2, 0) is 6.42 Å². The number of halogens is 1. The van der Waals surface area contributed by atoms with Gasteiger partial charge in [-0.3, -0.25) is 4.90 Å². The van der Waals surface area contributed by atoms with E-state index >= 15 is 0 Å². The van der Waals surface area contributed by atoms with Crippen LogP contribution in [0.4, 0.5) is 4.39 Å². The van der Waals surface area contributed by atoms with E-state index in [9.17, 15) is 4.39 Å². The standard InChI is InChI=1S/C19H19FN2O/c20-17-4-2-1-3-16(17)14-9-13-10-19(23-18(13)21-11-14)12-22-7-5-15(19)6-8-22/h1-4,9,11,15H,5-8,10,12H2/t19-/m0/s1/i20-1. The van der Waals surface area contributed by atoms with Crippen molar-refractivity contribution in [2.45, 2.75) is 24.9 Å². The monoisotopic (exact) mass is 309 g/mol. The van der Waals surface area contributed by atoms with Crippen molar-refractivity contribution in [3.8, 4) is 17.0 Å². The molecule has 3 nitrogen and oxygen atoms in total. The highest BCUT2D eigenvalue weighted by Gasteiger charge is 2.52. The van der Waals surface area contributed by atoms with Gasteiger partial charge in [0.25, 0.3) is 0 Å². The highest BCUT2D eigenvalue weighted by Crippen LogP contribution is 2.46. The zero-order valence-corrected chi connectivity index (χ0v) is 13.0. The Morgan fingerprint density at radius 2 is 2.04 bits per heavy atom. The lowest BCUT2D eigenvalue weighted by Crippen LogP contribution is -2.61. The van der Waals surface area contributed by atoms with Gasteiger partial charge < -0.3 is 4.74 Å². The van der Waals surface area contributed by atoms with Crippen LogP contribution in [0.15, 0.2) is 36.5 Å². The van der Waals surface area contributed by atoms with Gasteiger partial charge in [-0.25, -0.2) is 9.37 Å². The second kappa shape index (κ2) is 4.78. The van der Waals surface area contributed by atoms with Crippen LogP contribution < -0.4 is 4.74 Å². The van der Waals surface area contributed by atoms with Gasteiger partial charge in [-0.15, -0.1) is 0 Å². The lowest BCUT2D eigenvalue weighted by atomic mass is 9.73. The molecule has 1 aromatic heterocycles. The second-order valence-corrected chi connectivity index (χ2v) is 7.06. The first-order valence-electron chi connectivity index (χ1n) is 8.39. The predicted octanol–water partition coefficient (Wildman–Crippen LogP) is 3.29. The van der Waals surface area contributed by atoms with Crippen LogP contribution in [0.3, 0.4) is 0 Å². The Morgan fingerprint density at radius 3 is 2.78 bits per heavy atom. The molecule has 118 valence electrons. The lowest BCUT2D eigenvalue weighted by molar-refractivity contribution is -0.0814. The molecule has 1 atom stereocenters. The number of pyridine rings is 1. The Bertz CT molecular complexity index is 770. The number of fused-ring (bicyclic) bond motifs is 3. The van der Waals surface area contributed by atoms with Crippen LogP contribution in [0, 0.1) is 11.7 Å². The maximum absolute atomic E-state index is 14.0. The highest BCUT2D eigenvalue weighted by atomic mass is 18.2. The first kappa shape index (κ1) is 13.5. The molecule has 0 N–H and O–H groups in total. The van der Waals surface area contributed by atoms with Crippen LogP contribution in [0.2, 0.25) is 0 Å². The van der Waals surface area contributed by atoms with Gasteiger partial charge in [0.2, 0.25) is 5.88 Å². The number of nitrogens with zero attached hydrogens (tertiary/aromatic N) is 2. The highest BCUT2D eigenvalue weighted by molar-refractivity contribution is 5.65. The van der Waals surface area contributed by atoms with E-state index in [1.54, 1.807) is 18.3 Å². The summed E-state index contributed by atoms with van der Waals surface area (Å²) in [6.45, 7) is 3.39. The molecule has 1 aromatic carbocycles. The molecule has 2 aromatic rings. The molecule has 4 heteroatoms. The van der Waals surface area contributed by atoms with E-state index in [0.717, 1.165) is 30.0 Å². The van der Waals surface area contributed by atoms with Crippen molar-refractivity contribution in [3.05, 3.63) is 47.9 Å². The molecule has 4 aliphatic rings. The number of hydrogen-bond donors (Lipinski definition) is 0. The molecule has 0 unspecified atom stereocenters. The van der Waals surface area contributed by atoms with E-state index < -0.39 is 0 Å². The average Bonchev–Trinajstić information content (AvgIpc) is 2.93. The molecule has 5 heterocycles. The van der Waals surface area contributed by atoms with E-state index in [-0.39, 0.29) is 11.4 Å². The Morgan fingerprint density at radius 1 is 1.22 bits per heavy atom. The van der Waals surface area contributed by atoms with Crippen molar-refractivity contribution in [2.24, 2.45) is 5.92 Å².